The van der Waals surface area contributed by atoms with Crippen LogP contribution in [-0.4, -0.2) is 6.54 Å². The summed E-state index contributed by atoms with van der Waals surface area (Å²) in [6, 6.07) is 0. The van der Waals surface area contributed by atoms with Crippen molar-refractivity contribution in [3.05, 3.63) is 16.6 Å². The molecule has 0 N–H and O–H groups in total. The number of nitrogens with zero attached hydrogens (tertiary/aromatic N) is 1. The van der Waals surface area contributed by atoms with E-state index >= 15 is 0 Å². The van der Waals surface area contributed by atoms with Crippen LogP contribution in [0.4, 0.5) is 0 Å². The molecule has 2 nitrogen and oxygen atoms in total. The van der Waals surface area contributed by atoms with Gasteiger partial charge in [0.1, 0.15) is 6.54 Å². The van der Waals surface area contributed by atoms with Crippen molar-refractivity contribution >= 4 is 0 Å². The van der Waals surface area contributed by atoms with Crippen LogP contribution in [0.3, 0.4) is 0 Å². The van der Waals surface area contributed by atoms with Gasteiger partial charge in [0.05, 0.1) is 0 Å². The first-order valence-electron chi connectivity index (χ1n) is 2.76. The normalized spacial score (nSPS) is 11.5. The molecule has 0 aliphatic heterocycles. The van der Waals surface area contributed by atoms with Crippen molar-refractivity contribution in [3.63, 3.8) is 0 Å². The Morgan fingerprint density at radius 3 is 2.75 bits per heavy atom. The monoisotopic (exact) mass is 113 g/mol. The predicted octanol–water partition coefficient (Wildman–Crippen LogP) is 2.11. The third-order valence-corrected chi connectivity index (χ3v) is 0.867. The van der Waals surface area contributed by atoms with Crippen LogP contribution in [0.5, 0.6) is 0 Å². The zero-order chi connectivity index (χ0) is 6.41. The van der Waals surface area contributed by atoms with E-state index in [1.165, 1.54) is 0 Å². The fraction of sp³-hybridized carbons (Fsp3) is 0.667. The molecular formula is C6H11NO. The Balaban J connectivity index is 3.44. The molecule has 0 amide bonds. The molecule has 0 aromatic heterocycles. The molecule has 0 aromatic rings. The van der Waals surface area contributed by atoms with Crippen LogP contribution in [0.15, 0.2) is 16.8 Å². The van der Waals surface area contributed by atoms with E-state index in [0.29, 0.717) is 6.54 Å². The van der Waals surface area contributed by atoms with Gasteiger partial charge in [-0.15, -0.1) is 0 Å². The summed E-state index contributed by atoms with van der Waals surface area (Å²) < 4.78 is 0. The van der Waals surface area contributed by atoms with Crippen molar-refractivity contribution in [2.45, 2.75) is 20.3 Å². The molecule has 0 rings (SSSR count). The minimum Gasteiger partial charge on any atom is -0.150 e. The van der Waals surface area contributed by atoms with E-state index in [9.17, 15) is 4.91 Å². The minimum absolute atomic E-state index is 0.341. The van der Waals surface area contributed by atoms with Gasteiger partial charge in [-0.25, -0.2) is 0 Å². The number of nitroso groups, excluding NO2 is 1. The molecule has 46 valence electrons. The summed E-state index contributed by atoms with van der Waals surface area (Å²) >= 11 is 0. The van der Waals surface area contributed by atoms with Crippen LogP contribution < -0.4 is 0 Å². The SMILES string of the molecule is CC/C=C(\C)CN=O. The molecule has 0 saturated heterocycles. The maximum absolute atomic E-state index is 9.60. The summed E-state index contributed by atoms with van der Waals surface area (Å²) in [6.45, 7) is 4.28. The first-order chi connectivity index (χ1) is 3.81. The second kappa shape index (κ2) is 4.50. The van der Waals surface area contributed by atoms with Crippen molar-refractivity contribution in [2.24, 2.45) is 5.18 Å². The number of rotatable bonds is 3. The summed E-state index contributed by atoms with van der Waals surface area (Å²) in [7, 11) is 0. The van der Waals surface area contributed by atoms with Gasteiger partial charge in [-0.3, -0.25) is 0 Å². The molecule has 0 bridgehead atoms. The van der Waals surface area contributed by atoms with E-state index in [0.717, 1.165) is 12.0 Å². The predicted molar refractivity (Wildman–Crippen MR) is 34.7 cm³/mol. The minimum atomic E-state index is 0.341. The van der Waals surface area contributed by atoms with E-state index in [4.69, 9.17) is 0 Å². The van der Waals surface area contributed by atoms with Crippen molar-refractivity contribution in [2.75, 3.05) is 6.54 Å². The second-order valence-corrected chi connectivity index (χ2v) is 1.75. The van der Waals surface area contributed by atoms with E-state index in [1.54, 1.807) is 0 Å². The molecule has 8 heavy (non-hydrogen) atoms. The smallest absolute Gasteiger partial charge is 0.102 e. The van der Waals surface area contributed by atoms with Crippen LogP contribution in [0.25, 0.3) is 0 Å². The number of hydrogen-bond donors (Lipinski definition) is 0. The van der Waals surface area contributed by atoms with Gasteiger partial charge in [-0.2, -0.15) is 4.91 Å². The fourth-order valence-electron chi connectivity index (χ4n) is 0.515. The molecule has 0 spiro atoms. The van der Waals surface area contributed by atoms with Crippen molar-refractivity contribution in [3.8, 4) is 0 Å². The summed E-state index contributed by atoms with van der Waals surface area (Å²) in [5, 5.41) is 2.74. The molecule has 0 unspecified atom stereocenters. The first kappa shape index (κ1) is 7.34. The van der Waals surface area contributed by atoms with Crippen LogP contribution in [0, 0.1) is 4.91 Å². The van der Waals surface area contributed by atoms with E-state index in [-0.39, 0.29) is 0 Å². The topological polar surface area (TPSA) is 29.4 Å². The Kier molecular flexibility index (Phi) is 4.13. The van der Waals surface area contributed by atoms with E-state index < -0.39 is 0 Å². The Bertz CT molecular complexity index is 96.7. The summed E-state index contributed by atoms with van der Waals surface area (Å²) in [5.41, 5.74) is 1.06. The van der Waals surface area contributed by atoms with Crippen molar-refractivity contribution in [1.29, 1.82) is 0 Å². The quantitative estimate of drug-likeness (QED) is 0.407. The highest BCUT2D eigenvalue weighted by Gasteiger charge is 1.82. The Hall–Kier alpha value is -0.660. The zero-order valence-electron chi connectivity index (χ0n) is 5.35. The lowest BCUT2D eigenvalue weighted by Gasteiger charge is -1.87. The lowest BCUT2D eigenvalue weighted by atomic mass is 10.2. The molecule has 0 fully saturated rings. The Morgan fingerprint density at radius 1 is 1.75 bits per heavy atom. The molecule has 2 heteroatoms. The van der Waals surface area contributed by atoms with E-state index in [1.807, 2.05) is 19.9 Å². The van der Waals surface area contributed by atoms with E-state index in [2.05, 4.69) is 5.18 Å². The van der Waals surface area contributed by atoms with Gasteiger partial charge in [0.2, 0.25) is 0 Å². The van der Waals surface area contributed by atoms with Crippen molar-refractivity contribution < 1.29 is 0 Å². The van der Waals surface area contributed by atoms with Gasteiger partial charge in [0.25, 0.3) is 0 Å². The number of allylic oxidation sites excluding steroid dienone is 1. The van der Waals surface area contributed by atoms with Gasteiger partial charge < -0.3 is 0 Å². The summed E-state index contributed by atoms with van der Waals surface area (Å²) in [6.07, 6.45) is 2.99. The van der Waals surface area contributed by atoms with Crippen LogP contribution in [0.1, 0.15) is 20.3 Å². The van der Waals surface area contributed by atoms with Crippen LogP contribution in [0.2, 0.25) is 0 Å². The standard InChI is InChI=1S/C6H11NO/c1-3-4-6(2)5-7-8/h4H,3,5H2,1-2H3/b6-4+. The van der Waals surface area contributed by atoms with Gasteiger partial charge in [0, 0.05) is 0 Å². The highest BCUT2D eigenvalue weighted by atomic mass is 16.3. The van der Waals surface area contributed by atoms with Crippen molar-refractivity contribution in [1.82, 2.24) is 0 Å². The molecule has 0 aliphatic rings. The largest absolute Gasteiger partial charge is 0.150 e. The maximum atomic E-state index is 9.60. The van der Waals surface area contributed by atoms with Gasteiger partial charge in [0.15, 0.2) is 0 Å². The lowest BCUT2D eigenvalue weighted by molar-refractivity contribution is 1.08. The average molecular weight is 113 g/mol. The maximum Gasteiger partial charge on any atom is 0.102 e. The molecular weight excluding hydrogens is 102 g/mol. The number of hydrogen-bond acceptors (Lipinski definition) is 2. The average Bonchev–Trinajstić information content (AvgIpc) is 1.68. The summed E-state index contributed by atoms with van der Waals surface area (Å²) in [4.78, 5) is 9.60. The fourth-order valence-corrected chi connectivity index (χ4v) is 0.515. The zero-order valence-corrected chi connectivity index (χ0v) is 5.35. The summed E-state index contributed by atoms with van der Waals surface area (Å²) in [5.74, 6) is 0. The first-order valence-corrected chi connectivity index (χ1v) is 2.76. The highest BCUT2D eigenvalue weighted by molar-refractivity contribution is 4.99. The van der Waals surface area contributed by atoms with Gasteiger partial charge in [-0.1, -0.05) is 23.7 Å². The van der Waals surface area contributed by atoms with Crippen LogP contribution in [-0.2, 0) is 0 Å². The third kappa shape index (κ3) is 3.53. The molecule has 0 heterocycles. The van der Waals surface area contributed by atoms with Crippen LogP contribution >= 0.6 is 0 Å². The lowest BCUT2D eigenvalue weighted by Crippen LogP contribution is -1.78. The molecule has 0 aliphatic carbocycles. The molecule has 0 radical (unpaired) electrons. The molecule has 0 atom stereocenters. The van der Waals surface area contributed by atoms with Gasteiger partial charge in [-0.05, 0) is 13.3 Å². The third-order valence-electron chi connectivity index (χ3n) is 0.867. The second-order valence-electron chi connectivity index (χ2n) is 1.75. The molecule has 0 saturated carbocycles. The Morgan fingerprint density at radius 2 is 2.38 bits per heavy atom. The Labute approximate surface area is 49.6 Å². The highest BCUT2D eigenvalue weighted by Crippen LogP contribution is 1.93. The molecule has 0 aromatic carbocycles. The van der Waals surface area contributed by atoms with Gasteiger partial charge >= 0.3 is 0 Å².